The molecule has 0 radical (unpaired) electrons. The molecule has 1 aliphatic heterocycles. The SMILES string of the molecule is CN1CCNCC1c1noc(-c2csc(Cc3ccc(F)cc3)n2)n1.Cl. The van der Waals surface area contributed by atoms with Crippen molar-refractivity contribution in [2.24, 2.45) is 0 Å². The average molecular weight is 396 g/mol. The molecular weight excluding hydrogens is 377 g/mol. The summed E-state index contributed by atoms with van der Waals surface area (Å²) in [5, 5.41) is 10.3. The van der Waals surface area contributed by atoms with Crippen molar-refractivity contribution in [2.45, 2.75) is 12.5 Å². The van der Waals surface area contributed by atoms with Crippen LogP contribution in [0.1, 0.15) is 22.4 Å². The number of hydrogen-bond donors (Lipinski definition) is 1. The summed E-state index contributed by atoms with van der Waals surface area (Å²) in [5.41, 5.74) is 1.70. The second kappa shape index (κ2) is 8.22. The maximum atomic E-state index is 13.0. The molecule has 0 saturated carbocycles. The molecule has 26 heavy (non-hydrogen) atoms. The smallest absolute Gasteiger partial charge is 0.277 e. The van der Waals surface area contributed by atoms with Gasteiger partial charge in [0.25, 0.3) is 5.89 Å². The molecule has 1 aliphatic rings. The summed E-state index contributed by atoms with van der Waals surface area (Å²) in [7, 11) is 2.06. The Morgan fingerprint density at radius 1 is 1.31 bits per heavy atom. The highest BCUT2D eigenvalue weighted by atomic mass is 35.5. The predicted octanol–water partition coefficient (Wildman–Crippen LogP) is 2.92. The van der Waals surface area contributed by atoms with Crippen molar-refractivity contribution < 1.29 is 8.91 Å². The average Bonchev–Trinajstić information content (AvgIpc) is 3.27. The molecule has 0 aliphatic carbocycles. The Balaban J connectivity index is 0.00000196. The number of benzene rings is 1. The molecular formula is C17H19ClFN5OS. The van der Waals surface area contributed by atoms with Gasteiger partial charge in [0, 0.05) is 31.4 Å². The van der Waals surface area contributed by atoms with E-state index in [0.717, 1.165) is 30.2 Å². The van der Waals surface area contributed by atoms with Gasteiger partial charge in [-0.05, 0) is 24.7 Å². The van der Waals surface area contributed by atoms with Crippen molar-refractivity contribution in [3.05, 3.63) is 51.9 Å². The first-order valence-electron chi connectivity index (χ1n) is 8.13. The Labute approximate surface area is 160 Å². The van der Waals surface area contributed by atoms with Crippen molar-refractivity contribution >= 4 is 23.7 Å². The van der Waals surface area contributed by atoms with Gasteiger partial charge in [0.05, 0.1) is 11.0 Å². The molecule has 3 heterocycles. The zero-order chi connectivity index (χ0) is 17.2. The highest BCUT2D eigenvalue weighted by molar-refractivity contribution is 7.10. The number of rotatable bonds is 4. The van der Waals surface area contributed by atoms with E-state index >= 15 is 0 Å². The Bertz CT molecular complexity index is 853. The van der Waals surface area contributed by atoms with Gasteiger partial charge in [0.1, 0.15) is 11.5 Å². The Kier molecular flexibility index (Phi) is 5.98. The van der Waals surface area contributed by atoms with E-state index < -0.39 is 0 Å². The predicted molar refractivity (Wildman–Crippen MR) is 100 cm³/mol. The third kappa shape index (κ3) is 4.09. The molecule has 4 rings (SSSR count). The topological polar surface area (TPSA) is 67.1 Å². The molecule has 2 aromatic heterocycles. The monoisotopic (exact) mass is 395 g/mol. The fourth-order valence-corrected chi connectivity index (χ4v) is 3.64. The molecule has 3 aromatic rings. The molecule has 1 atom stereocenters. The summed E-state index contributed by atoms with van der Waals surface area (Å²) in [6.45, 7) is 2.73. The fourth-order valence-electron chi connectivity index (χ4n) is 2.84. The van der Waals surface area contributed by atoms with E-state index in [-0.39, 0.29) is 24.3 Å². The van der Waals surface area contributed by atoms with Crippen LogP contribution in [0.2, 0.25) is 0 Å². The zero-order valence-electron chi connectivity index (χ0n) is 14.2. The Morgan fingerprint density at radius 3 is 2.88 bits per heavy atom. The molecule has 0 spiro atoms. The minimum absolute atomic E-state index is 0. The molecule has 0 amide bonds. The summed E-state index contributed by atoms with van der Waals surface area (Å²) < 4.78 is 18.4. The number of thiazole rings is 1. The van der Waals surface area contributed by atoms with Gasteiger partial charge in [-0.3, -0.25) is 4.90 Å². The molecule has 6 nitrogen and oxygen atoms in total. The number of aromatic nitrogens is 3. The fraction of sp³-hybridized carbons (Fsp3) is 0.353. The van der Waals surface area contributed by atoms with Gasteiger partial charge in [-0.15, -0.1) is 23.7 Å². The first-order valence-corrected chi connectivity index (χ1v) is 9.01. The lowest BCUT2D eigenvalue weighted by Crippen LogP contribution is -2.44. The van der Waals surface area contributed by atoms with Crippen LogP contribution < -0.4 is 5.32 Å². The molecule has 9 heteroatoms. The first-order chi connectivity index (χ1) is 12.2. The van der Waals surface area contributed by atoms with E-state index in [4.69, 9.17) is 4.52 Å². The van der Waals surface area contributed by atoms with Crippen molar-refractivity contribution in [3.63, 3.8) is 0 Å². The number of likely N-dealkylation sites (N-methyl/N-ethyl adjacent to an activating group) is 1. The maximum Gasteiger partial charge on any atom is 0.277 e. The van der Waals surface area contributed by atoms with E-state index in [0.29, 0.717) is 23.8 Å². The van der Waals surface area contributed by atoms with Crippen LogP contribution in [0.15, 0.2) is 34.2 Å². The quantitative estimate of drug-likeness (QED) is 0.732. The summed E-state index contributed by atoms with van der Waals surface area (Å²) in [4.78, 5) is 11.3. The second-order valence-electron chi connectivity index (χ2n) is 6.09. The van der Waals surface area contributed by atoms with Crippen molar-refractivity contribution in [3.8, 4) is 11.6 Å². The van der Waals surface area contributed by atoms with Gasteiger partial charge >= 0.3 is 0 Å². The van der Waals surface area contributed by atoms with Gasteiger partial charge in [0.2, 0.25) is 0 Å². The van der Waals surface area contributed by atoms with E-state index in [1.54, 1.807) is 12.1 Å². The highest BCUT2D eigenvalue weighted by Crippen LogP contribution is 2.25. The minimum Gasteiger partial charge on any atom is -0.332 e. The minimum atomic E-state index is -0.232. The standard InChI is InChI=1S/C17H18FN5OS.ClH/c1-23-7-6-19-9-14(23)16-21-17(24-22-16)13-10-25-15(20-13)8-11-2-4-12(18)5-3-11;/h2-5,10,14,19H,6-9H2,1H3;1H. The summed E-state index contributed by atoms with van der Waals surface area (Å²) in [6.07, 6.45) is 0.654. The molecule has 0 bridgehead atoms. The van der Waals surface area contributed by atoms with E-state index in [1.807, 2.05) is 5.38 Å². The number of hydrogen-bond acceptors (Lipinski definition) is 7. The van der Waals surface area contributed by atoms with E-state index in [9.17, 15) is 4.39 Å². The van der Waals surface area contributed by atoms with E-state index in [2.05, 4.69) is 32.4 Å². The Hall–Kier alpha value is -1.87. The highest BCUT2D eigenvalue weighted by Gasteiger charge is 2.26. The lowest BCUT2D eigenvalue weighted by molar-refractivity contribution is 0.190. The number of halogens is 2. The van der Waals surface area contributed by atoms with Crippen LogP contribution in [-0.4, -0.2) is 46.7 Å². The molecule has 1 unspecified atom stereocenters. The van der Waals surface area contributed by atoms with Gasteiger partial charge in [-0.25, -0.2) is 9.37 Å². The van der Waals surface area contributed by atoms with Crippen molar-refractivity contribution in [1.29, 1.82) is 0 Å². The third-order valence-corrected chi connectivity index (χ3v) is 5.14. The number of piperazine rings is 1. The molecule has 1 saturated heterocycles. The zero-order valence-corrected chi connectivity index (χ0v) is 15.8. The van der Waals surface area contributed by atoms with Crippen LogP contribution in [0.4, 0.5) is 4.39 Å². The van der Waals surface area contributed by atoms with Gasteiger partial charge in [0.15, 0.2) is 5.82 Å². The van der Waals surface area contributed by atoms with Crippen LogP contribution in [0, 0.1) is 5.82 Å². The molecule has 1 aromatic carbocycles. The summed E-state index contributed by atoms with van der Waals surface area (Å²) in [6, 6.07) is 6.58. The van der Waals surface area contributed by atoms with Crippen LogP contribution in [-0.2, 0) is 6.42 Å². The van der Waals surface area contributed by atoms with Crippen LogP contribution in [0.5, 0.6) is 0 Å². The lowest BCUT2D eigenvalue weighted by Gasteiger charge is -2.30. The van der Waals surface area contributed by atoms with Crippen LogP contribution in [0.25, 0.3) is 11.6 Å². The number of nitrogens with one attached hydrogen (secondary N) is 1. The van der Waals surface area contributed by atoms with Gasteiger partial charge < -0.3 is 9.84 Å². The lowest BCUT2D eigenvalue weighted by atomic mass is 10.1. The molecule has 138 valence electrons. The van der Waals surface area contributed by atoms with Gasteiger partial charge in [-0.2, -0.15) is 4.98 Å². The first kappa shape index (κ1) is 18.9. The van der Waals surface area contributed by atoms with E-state index in [1.165, 1.54) is 23.5 Å². The summed E-state index contributed by atoms with van der Waals surface area (Å²) in [5.74, 6) is 0.887. The normalized spacial score (nSPS) is 17.8. The Morgan fingerprint density at radius 2 is 2.12 bits per heavy atom. The third-order valence-electron chi connectivity index (χ3n) is 4.29. The van der Waals surface area contributed by atoms with Crippen LogP contribution in [0.3, 0.4) is 0 Å². The van der Waals surface area contributed by atoms with Gasteiger partial charge in [-0.1, -0.05) is 17.3 Å². The van der Waals surface area contributed by atoms with Crippen LogP contribution >= 0.6 is 23.7 Å². The number of nitrogens with zero attached hydrogens (tertiary/aromatic N) is 4. The summed E-state index contributed by atoms with van der Waals surface area (Å²) >= 11 is 1.53. The maximum absolute atomic E-state index is 13.0. The molecule has 1 N–H and O–H groups in total. The molecule has 1 fully saturated rings. The van der Waals surface area contributed by atoms with Crippen molar-refractivity contribution in [1.82, 2.24) is 25.3 Å². The van der Waals surface area contributed by atoms with Crippen molar-refractivity contribution in [2.75, 3.05) is 26.7 Å². The largest absolute Gasteiger partial charge is 0.332 e. The second-order valence-corrected chi connectivity index (χ2v) is 7.03.